The third-order valence-electron chi connectivity index (χ3n) is 6.73. The van der Waals surface area contributed by atoms with Crippen LogP contribution in [0.2, 0.25) is 0 Å². The van der Waals surface area contributed by atoms with Crippen molar-refractivity contribution >= 4 is 23.1 Å². The van der Waals surface area contributed by atoms with Crippen molar-refractivity contribution < 1.29 is 18.3 Å². The maximum atomic E-state index is 13.4. The summed E-state index contributed by atoms with van der Waals surface area (Å²) in [5.41, 5.74) is 12.2. The van der Waals surface area contributed by atoms with E-state index in [0.717, 1.165) is 61.2 Å². The van der Waals surface area contributed by atoms with Crippen molar-refractivity contribution in [3.63, 3.8) is 0 Å². The first kappa shape index (κ1) is 27.2. The highest BCUT2D eigenvalue weighted by Gasteiger charge is 2.33. The fourth-order valence-corrected chi connectivity index (χ4v) is 5.66. The zero-order valence-corrected chi connectivity index (χ0v) is 21.1. The monoisotopic (exact) mass is 524 g/mol. The molecule has 36 heavy (non-hydrogen) atoms. The van der Waals surface area contributed by atoms with Gasteiger partial charge in [0, 0.05) is 62.1 Å². The Bertz CT molecular complexity index is 1000. The molecule has 2 aromatic carbocycles. The average molecular weight is 525 g/mol. The van der Waals surface area contributed by atoms with E-state index in [-0.39, 0.29) is 6.54 Å². The van der Waals surface area contributed by atoms with E-state index in [1.54, 1.807) is 6.07 Å². The van der Waals surface area contributed by atoms with Gasteiger partial charge in [0.05, 0.1) is 23.0 Å². The normalized spacial score (nSPS) is 18.6. The molecule has 0 spiro atoms. The van der Waals surface area contributed by atoms with Crippen molar-refractivity contribution in [3.8, 4) is 0 Å². The minimum Gasteiger partial charge on any atom is -0.377 e. The van der Waals surface area contributed by atoms with Crippen LogP contribution in [0.5, 0.6) is 0 Å². The Balaban J connectivity index is 1.30. The third kappa shape index (κ3) is 6.71. The standard InChI is InChI=1S/C25H35F3N6OS/c26-25(27,28)18-6-7-23-21(16-18)34(20-4-1-2-5-22(20)36-23)10-3-9-32-12-14-33(15-13-32)11-8-31-24(35)19(30)17-29/h1-2,4-7,16,19,24,31,35H,3,8-15,17,29-30H2. The molecule has 0 bridgehead atoms. The van der Waals surface area contributed by atoms with Gasteiger partial charge in [-0.3, -0.25) is 10.2 Å². The number of hydrogen-bond donors (Lipinski definition) is 4. The molecule has 1 saturated heterocycles. The lowest BCUT2D eigenvalue weighted by Gasteiger charge is -2.36. The number of nitrogens with one attached hydrogen (secondary N) is 1. The van der Waals surface area contributed by atoms with Gasteiger partial charge in [-0.1, -0.05) is 23.9 Å². The molecule has 11 heteroatoms. The minimum absolute atomic E-state index is 0.226. The number of alkyl halides is 3. The number of hydrogen-bond acceptors (Lipinski definition) is 8. The summed E-state index contributed by atoms with van der Waals surface area (Å²) in [7, 11) is 0. The Hall–Kier alpha value is -1.86. The van der Waals surface area contributed by atoms with E-state index >= 15 is 0 Å². The van der Waals surface area contributed by atoms with Crippen molar-refractivity contribution in [2.75, 3.05) is 63.8 Å². The molecule has 2 unspecified atom stereocenters. The Kier molecular flexibility index (Phi) is 9.15. The number of nitrogens with two attached hydrogens (primary N) is 2. The van der Waals surface area contributed by atoms with E-state index in [9.17, 15) is 18.3 Å². The molecule has 2 heterocycles. The van der Waals surface area contributed by atoms with E-state index in [2.05, 4.69) is 15.1 Å². The number of fused-ring (bicyclic) bond motifs is 2. The fourth-order valence-electron chi connectivity index (χ4n) is 4.59. The molecule has 198 valence electrons. The van der Waals surface area contributed by atoms with Gasteiger partial charge in [0.1, 0.15) is 6.23 Å². The van der Waals surface area contributed by atoms with Crippen LogP contribution in [0.25, 0.3) is 0 Å². The summed E-state index contributed by atoms with van der Waals surface area (Å²) in [4.78, 5) is 8.69. The molecule has 1 fully saturated rings. The van der Waals surface area contributed by atoms with E-state index < -0.39 is 24.0 Å². The molecule has 2 aliphatic heterocycles. The van der Waals surface area contributed by atoms with Gasteiger partial charge in [0.25, 0.3) is 0 Å². The van der Waals surface area contributed by atoms with Gasteiger partial charge < -0.3 is 26.4 Å². The predicted molar refractivity (Wildman–Crippen MR) is 138 cm³/mol. The summed E-state index contributed by atoms with van der Waals surface area (Å²) in [6.45, 7) is 6.96. The number of piperazine rings is 1. The predicted octanol–water partition coefficient (Wildman–Crippen LogP) is 2.51. The number of benzene rings is 2. The van der Waals surface area contributed by atoms with Gasteiger partial charge in [-0.25, -0.2) is 0 Å². The molecule has 0 radical (unpaired) electrons. The van der Waals surface area contributed by atoms with Gasteiger partial charge in [-0.05, 0) is 43.3 Å². The first-order valence-electron chi connectivity index (χ1n) is 12.3. The van der Waals surface area contributed by atoms with Crippen LogP contribution < -0.4 is 21.7 Å². The summed E-state index contributed by atoms with van der Waals surface area (Å²) >= 11 is 1.52. The van der Waals surface area contributed by atoms with Gasteiger partial charge in [0.15, 0.2) is 0 Å². The summed E-state index contributed by atoms with van der Waals surface area (Å²) in [5, 5.41) is 12.9. The first-order chi connectivity index (χ1) is 17.3. The average Bonchev–Trinajstić information content (AvgIpc) is 2.87. The lowest BCUT2D eigenvalue weighted by Crippen LogP contribution is -2.52. The highest BCUT2D eigenvalue weighted by molar-refractivity contribution is 7.99. The van der Waals surface area contributed by atoms with Gasteiger partial charge >= 0.3 is 6.18 Å². The summed E-state index contributed by atoms with van der Waals surface area (Å²) < 4.78 is 40.2. The molecule has 0 saturated carbocycles. The molecule has 2 aliphatic rings. The molecule has 2 atom stereocenters. The molecule has 0 aliphatic carbocycles. The second kappa shape index (κ2) is 12.1. The van der Waals surface area contributed by atoms with Crippen molar-refractivity contribution in [3.05, 3.63) is 48.0 Å². The van der Waals surface area contributed by atoms with E-state index in [1.807, 2.05) is 29.2 Å². The van der Waals surface area contributed by atoms with E-state index in [4.69, 9.17) is 11.5 Å². The molecule has 7 nitrogen and oxygen atoms in total. The molecule has 0 amide bonds. The van der Waals surface area contributed by atoms with Crippen molar-refractivity contribution in [1.29, 1.82) is 0 Å². The lowest BCUT2D eigenvalue weighted by molar-refractivity contribution is -0.137. The van der Waals surface area contributed by atoms with Crippen LogP contribution in [-0.4, -0.2) is 86.1 Å². The summed E-state index contributed by atoms with van der Waals surface area (Å²) in [6, 6.07) is 11.5. The molecular formula is C25H35F3N6OS. The van der Waals surface area contributed by atoms with Crippen LogP contribution in [0.4, 0.5) is 24.5 Å². The zero-order valence-electron chi connectivity index (χ0n) is 20.3. The van der Waals surface area contributed by atoms with Gasteiger partial charge in [-0.2, -0.15) is 13.2 Å². The highest BCUT2D eigenvalue weighted by Crippen LogP contribution is 2.49. The largest absolute Gasteiger partial charge is 0.416 e. The topological polar surface area (TPSA) is 94.0 Å². The van der Waals surface area contributed by atoms with E-state index in [0.29, 0.717) is 18.8 Å². The second-order valence-corrected chi connectivity index (χ2v) is 10.3. The Morgan fingerprint density at radius 1 is 0.944 bits per heavy atom. The van der Waals surface area contributed by atoms with E-state index in [1.165, 1.54) is 23.9 Å². The molecule has 2 aromatic rings. The fraction of sp³-hybridized carbons (Fsp3) is 0.520. The van der Waals surface area contributed by atoms with Crippen LogP contribution >= 0.6 is 11.8 Å². The van der Waals surface area contributed by atoms with Crippen LogP contribution in [0.15, 0.2) is 52.3 Å². The molecular weight excluding hydrogens is 489 g/mol. The summed E-state index contributed by atoms with van der Waals surface area (Å²) in [6.07, 6.45) is -4.32. The minimum atomic E-state index is -4.37. The zero-order chi connectivity index (χ0) is 25.7. The second-order valence-electron chi connectivity index (χ2n) is 9.24. The number of para-hydroxylation sites is 1. The molecule has 6 N–H and O–H groups in total. The number of aliphatic hydroxyl groups is 1. The van der Waals surface area contributed by atoms with Crippen LogP contribution in [0.1, 0.15) is 12.0 Å². The van der Waals surface area contributed by atoms with Crippen molar-refractivity contribution in [1.82, 2.24) is 15.1 Å². The molecule has 4 rings (SSSR count). The maximum absolute atomic E-state index is 13.4. The maximum Gasteiger partial charge on any atom is 0.416 e. The van der Waals surface area contributed by atoms with Crippen LogP contribution in [0.3, 0.4) is 0 Å². The number of anilines is 2. The van der Waals surface area contributed by atoms with Crippen LogP contribution in [-0.2, 0) is 6.18 Å². The van der Waals surface area contributed by atoms with Gasteiger partial charge in [0.2, 0.25) is 0 Å². The Labute approximate surface area is 214 Å². The molecule has 0 aromatic heterocycles. The number of aliphatic hydroxyl groups excluding tert-OH is 1. The third-order valence-corrected chi connectivity index (χ3v) is 7.86. The van der Waals surface area contributed by atoms with Crippen molar-refractivity contribution in [2.45, 2.75) is 34.7 Å². The number of nitrogens with zero attached hydrogens (tertiary/aromatic N) is 3. The highest BCUT2D eigenvalue weighted by atomic mass is 32.2. The quantitative estimate of drug-likeness (QED) is 0.353. The Morgan fingerprint density at radius 2 is 1.61 bits per heavy atom. The summed E-state index contributed by atoms with van der Waals surface area (Å²) in [5.74, 6) is 0. The van der Waals surface area contributed by atoms with Crippen LogP contribution in [0, 0.1) is 0 Å². The van der Waals surface area contributed by atoms with Gasteiger partial charge in [-0.15, -0.1) is 0 Å². The first-order valence-corrected chi connectivity index (χ1v) is 13.2. The lowest BCUT2D eigenvalue weighted by atomic mass is 10.1. The number of rotatable bonds is 10. The van der Waals surface area contributed by atoms with Crippen molar-refractivity contribution in [2.24, 2.45) is 11.5 Å². The Morgan fingerprint density at radius 3 is 2.31 bits per heavy atom. The number of halogens is 3. The SMILES string of the molecule is NCC(N)C(O)NCCN1CCN(CCCN2c3ccccc3Sc3ccc(C(F)(F)F)cc32)CC1. The smallest absolute Gasteiger partial charge is 0.377 e.